The van der Waals surface area contributed by atoms with Gasteiger partial charge in [0.1, 0.15) is 11.4 Å². The van der Waals surface area contributed by atoms with Crippen molar-refractivity contribution in [2.75, 3.05) is 6.61 Å². The second-order valence-electron chi connectivity index (χ2n) is 7.08. The van der Waals surface area contributed by atoms with Crippen molar-refractivity contribution < 1.29 is 9.26 Å². The van der Waals surface area contributed by atoms with Crippen LogP contribution in [0.4, 0.5) is 0 Å². The van der Waals surface area contributed by atoms with Gasteiger partial charge in [-0.15, -0.1) is 0 Å². The summed E-state index contributed by atoms with van der Waals surface area (Å²) in [6.45, 7) is 5.10. The standard InChI is InChI=1S/C24H29NO2/c1-3-4-5-6-7-8-17-26-22-15-13-20(14-16-22)23-18-24(27-25-23)21-11-9-19(2)10-12-21/h9-16,18H,3-8,17H2,1-2H3. The molecule has 1 aromatic heterocycles. The maximum absolute atomic E-state index is 5.85. The van der Waals surface area contributed by atoms with Crippen LogP contribution in [-0.4, -0.2) is 11.8 Å². The van der Waals surface area contributed by atoms with Crippen molar-refractivity contribution in [2.24, 2.45) is 0 Å². The second-order valence-corrected chi connectivity index (χ2v) is 7.08. The van der Waals surface area contributed by atoms with Crippen LogP contribution in [0.5, 0.6) is 5.75 Å². The largest absolute Gasteiger partial charge is 0.494 e. The third kappa shape index (κ3) is 5.72. The van der Waals surface area contributed by atoms with Gasteiger partial charge in [-0.05, 0) is 37.6 Å². The lowest BCUT2D eigenvalue weighted by molar-refractivity contribution is 0.304. The van der Waals surface area contributed by atoms with E-state index in [0.717, 1.165) is 41.4 Å². The monoisotopic (exact) mass is 363 g/mol. The van der Waals surface area contributed by atoms with Crippen LogP contribution in [0.3, 0.4) is 0 Å². The van der Waals surface area contributed by atoms with E-state index >= 15 is 0 Å². The van der Waals surface area contributed by atoms with Gasteiger partial charge < -0.3 is 9.26 Å². The van der Waals surface area contributed by atoms with Gasteiger partial charge in [-0.2, -0.15) is 0 Å². The van der Waals surface area contributed by atoms with Gasteiger partial charge >= 0.3 is 0 Å². The van der Waals surface area contributed by atoms with Crippen molar-refractivity contribution in [1.82, 2.24) is 5.16 Å². The summed E-state index contributed by atoms with van der Waals surface area (Å²) < 4.78 is 11.4. The van der Waals surface area contributed by atoms with E-state index in [1.165, 1.54) is 37.7 Å². The Labute approximate surface area is 162 Å². The highest BCUT2D eigenvalue weighted by Crippen LogP contribution is 2.27. The minimum absolute atomic E-state index is 0.785. The first-order chi connectivity index (χ1) is 13.3. The molecule has 2 aromatic carbocycles. The van der Waals surface area contributed by atoms with Gasteiger partial charge in [0, 0.05) is 17.2 Å². The van der Waals surface area contributed by atoms with Crippen molar-refractivity contribution in [2.45, 2.75) is 52.4 Å². The fourth-order valence-electron chi connectivity index (χ4n) is 3.06. The first-order valence-corrected chi connectivity index (χ1v) is 10.0. The maximum atomic E-state index is 5.85. The Bertz CT molecular complexity index is 803. The van der Waals surface area contributed by atoms with Crippen LogP contribution < -0.4 is 4.74 Å². The second kappa shape index (κ2) is 9.96. The van der Waals surface area contributed by atoms with Gasteiger partial charge in [0.15, 0.2) is 5.76 Å². The Balaban J connectivity index is 1.51. The van der Waals surface area contributed by atoms with Crippen molar-refractivity contribution in [1.29, 1.82) is 0 Å². The number of benzene rings is 2. The zero-order valence-electron chi connectivity index (χ0n) is 16.4. The summed E-state index contributed by atoms with van der Waals surface area (Å²) in [4.78, 5) is 0. The first kappa shape index (κ1) is 19.2. The van der Waals surface area contributed by atoms with Crippen LogP contribution in [0.2, 0.25) is 0 Å². The minimum Gasteiger partial charge on any atom is -0.494 e. The summed E-state index contributed by atoms with van der Waals surface area (Å²) in [6.07, 6.45) is 7.66. The lowest BCUT2D eigenvalue weighted by atomic mass is 10.1. The average molecular weight is 364 g/mol. The molecule has 0 atom stereocenters. The number of ether oxygens (including phenoxy) is 1. The summed E-state index contributed by atoms with van der Waals surface area (Å²) in [7, 11) is 0. The molecule has 3 nitrogen and oxygen atoms in total. The van der Waals surface area contributed by atoms with E-state index in [0.29, 0.717) is 0 Å². The van der Waals surface area contributed by atoms with Crippen LogP contribution in [0.1, 0.15) is 51.0 Å². The fraction of sp³-hybridized carbons (Fsp3) is 0.375. The van der Waals surface area contributed by atoms with Crippen LogP contribution in [-0.2, 0) is 0 Å². The first-order valence-electron chi connectivity index (χ1n) is 10.0. The predicted molar refractivity (Wildman–Crippen MR) is 111 cm³/mol. The van der Waals surface area contributed by atoms with E-state index in [4.69, 9.17) is 9.26 Å². The number of nitrogens with zero attached hydrogens (tertiary/aromatic N) is 1. The summed E-state index contributed by atoms with van der Waals surface area (Å²) in [5.74, 6) is 1.70. The summed E-state index contributed by atoms with van der Waals surface area (Å²) in [5, 5.41) is 4.21. The molecule has 0 N–H and O–H groups in total. The molecule has 0 aliphatic carbocycles. The fourth-order valence-corrected chi connectivity index (χ4v) is 3.06. The Morgan fingerprint density at radius 3 is 2.22 bits per heavy atom. The van der Waals surface area contributed by atoms with Crippen molar-refractivity contribution in [3.8, 4) is 28.3 Å². The smallest absolute Gasteiger partial charge is 0.167 e. The molecule has 3 rings (SSSR count). The number of unbranched alkanes of at least 4 members (excludes halogenated alkanes) is 5. The molecule has 1 heterocycles. The van der Waals surface area contributed by atoms with Crippen LogP contribution in [0.25, 0.3) is 22.6 Å². The molecule has 0 saturated heterocycles. The lowest BCUT2D eigenvalue weighted by Gasteiger charge is -2.06. The van der Waals surface area contributed by atoms with Gasteiger partial charge in [0.05, 0.1) is 6.61 Å². The highest BCUT2D eigenvalue weighted by molar-refractivity contribution is 5.67. The van der Waals surface area contributed by atoms with E-state index in [1.807, 2.05) is 30.3 Å². The van der Waals surface area contributed by atoms with Gasteiger partial charge in [0.25, 0.3) is 0 Å². The van der Waals surface area contributed by atoms with Crippen LogP contribution in [0, 0.1) is 6.92 Å². The molecular formula is C24H29NO2. The van der Waals surface area contributed by atoms with Crippen LogP contribution in [0.15, 0.2) is 59.1 Å². The Hall–Kier alpha value is -2.55. The van der Waals surface area contributed by atoms with E-state index in [-0.39, 0.29) is 0 Å². The molecule has 27 heavy (non-hydrogen) atoms. The molecule has 142 valence electrons. The van der Waals surface area contributed by atoms with Gasteiger partial charge in [-0.1, -0.05) is 74.0 Å². The Kier molecular flexibility index (Phi) is 7.09. The van der Waals surface area contributed by atoms with E-state index in [1.54, 1.807) is 0 Å². The highest BCUT2D eigenvalue weighted by atomic mass is 16.5. The molecule has 0 saturated carbocycles. The quantitative estimate of drug-likeness (QED) is 0.362. The maximum Gasteiger partial charge on any atom is 0.167 e. The Morgan fingerprint density at radius 1 is 0.815 bits per heavy atom. The lowest BCUT2D eigenvalue weighted by Crippen LogP contribution is -1.97. The van der Waals surface area contributed by atoms with E-state index in [9.17, 15) is 0 Å². The molecule has 3 aromatic rings. The van der Waals surface area contributed by atoms with Crippen molar-refractivity contribution in [3.05, 3.63) is 60.2 Å². The molecule has 3 heteroatoms. The zero-order valence-corrected chi connectivity index (χ0v) is 16.4. The molecular weight excluding hydrogens is 334 g/mol. The molecule has 0 unspecified atom stereocenters. The van der Waals surface area contributed by atoms with E-state index in [2.05, 4.69) is 43.3 Å². The third-order valence-corrected chi connectivity index (χ3v) is 4.76. The molecule has 0 bridgehead atoms. The molecule has 0 spiro atoms. The van der Waals surface area contributed by atoms with Crippen molar-refractivity contribution >= 4 is 0 Å². The topological polar surface area (TPSA) is 35.3 Å². The number of aromatic nitrogens is 1. The number of aryl methyl sites for hydroxylation is 1. The van der Waals surface area contributed by atoms with Gasteiger partial charge in [-0.25, -0.2) is 0 Å². The molecule has 0 radical (unpaired) electrons. The molecule has 0 aliphatic rings. The normalized spacial score (nSPS) is 10.9. The van der Waals surface area contributed by atoms with Gasteiger partial charge in [0.2, 0.25) is 0 Å². The van der Waals surface area contributed by atoms with Gasteiger partial charge in [-0.3, -0.25) is 0 Å². The minimum atomic E-state index is 0.785. The molecule has 0 amide bonds. The molecule has 0 fully saturated rings. The highest BCUT2D eigenvalue weighted by Gasteiger charge is 2.08. The Morgan fingerprint density at radius 2 is 1.48 bits per heavy atom. The number of hydrogen-bond donors (Lipinski definition) is 0. The van der Waals surface area contributed by atoms with Crippen LogP contribution >= 0.6 is 0 Å². The summed E-state index contributed by atoms with van der Waals surface area (Å²) in [6, 6.07) is 18.3. The van der Waals surface area contributed by atoms with E-state index < -0.39 is 0 Å². The predicted octanol–water partition coefficient (Wildman–Crippen LogP) is 7.06. The zero-order chi connectivity index (χ0) is 18.9. The summed E-state index contributed by atoms with van der Waals surface area (Å²) >= 11 is 0. The average Bonchev–Trinajstić information content (AvgIpc) is 3.18. The number of hydrogen-bond acceptors (Lipinski definition) is 3. The number of rotatable bonds is 10. The SMILES string of the molecule is CCCCCCCCOc1ccc(-c2cc(-c3ccc(C)cc3)on2)cc1. The van der Waals surface area contributed by atoms with Crippen molar-refractivity contribution in [3.63, 3.8) is 0 Å². The summed E-state index contributed by atoms with van der Waals surface area (Å²) in [5.41, 5.74) is 4.14. The molecule has 0 aliphatic heterocycles. The third-order valence-electron chi connectivity index (χ3n) is 4.76.